The maximum Gasteiger partial charge on any atom is 0.231 e. The van der Waals surface area contributed by atoms with Crippen molar-refractivity contribution in [3.8, 4) is 11.5 Å². The van der Waals surface area contributed by atoms with E-state index in [2.05, 4.69) is 4.90 Å². The molecule has 0 bridgehead atoms. The van der Waals surface area contributed by atoms with Crippen LogP contribution in [-0.4, -0.2) is 42.2 Å². The highest BCUT2D eigenvalue weighted by Gasteiger charge is 2.38. The van der Waals surface area contributed by atoms with Gasteiger partial charge < -0.3 is 19.5 Å². The van der Waals surface area contributed by atoms with Crippen LogP contribution in [0.3, 0.4) is 0 Å². The van der Waals surface area contributed by atoms with E-state index in [4.69, 9.17) is 9.47 Å². The van der Waals surface area contributed by atoms with Gasteiger partial charge in [-0.15, -0.1) is 0 Å². The predicted octanol–water partition coefficient (Wildman–Crippen LogP) is 2.75. The minimum atomic E-state index is -0.754. The van der Waals surface area contributed by atoms with E-state index in [1.54, 1.807) is 0 Å². The molecule has 0 amide bonds. The standard InChI is InChI=1S/C22H23NO4/c24-21-16(10-15-11-19-20(12-18(15)21)27-14-26-19)13-23-8-6-22(25,7-9-23)17-4-2-1-3-5-17/h1-5,11-12,16,25H,6-10,13-14H2. The fourth-order valence-corrected chi connectivity index (χ4v) is 4.56. The molecule has 0 radical (unpaired) electrons. The molecule has 5 heteroatoms. The van der Waals surface area contributed by atoms with Crippen LogP contribution in [0.25, 0.3) is 0 Å². The molecule has 140 valence electrons. The maximum atomic E-state index is 12.8. The summed E-state index contributed by atoms with van der Waals surface area (Å²) in [5.74, 6) is 1.60. The van der Waals surface area contributed by atoms with Gasteiger partial charge in [0.2, 0.25) is 6.79 Å². The zero-order valence-electron chi connectivity index (χ0n) is 15.2. The summed E-state index contributed by atoms with van der Waals surface area (Å²) < 4.78 is 10.8. The molecule has 0 spiro atoms. The highest BCUT2D eigenvalue weighted by Crippen LogP contribution is 2.40. The summed E-state index contributed by atoms with van der Waals surface area (Å²) in [7, 11) is 0. The van der Waals surface area contributed by atoms with E-state index in [1.807, 2.05) is 42.5 Å². The summed E-state index contributed by atoms with van der Waals surface area (Å²) in [6.07, 6.45) is 2.14. The highest BCUT2D eigenvalue weighted by atomic mass is 16.7. The second kappa shape index (κ2) is 6.36. The molecule has 1 atom stereocenters. The second-order valence-electron chi connectivity index (χ2n) is 7.83. The Bertz CT molecular complexity index is 871. The van der Waals surface area contributed by atoms with Crippen LogP contribution in [0.4, 0.5) is 0 Å². The fourth-order valence-electron chi connectivity index (χ4n) is 4.56. The van der Waals surface area contributed by atoms with Gasteiger partial charge in [0.05, 0.1) is 5.60 Å². The van der Waals surface area contributed by atoms with Crippen LogP contribution in [0.15, 0.2) is 42.5 Å². The molecule has 2 heterocycles. The Morgan fingerprint density at radius 3 is 2.52 bits per heavy atom. The number of carbonyl (C=O) groups excluding carboxylic acids is 1. The molecule has 3 aliphatic rings. The number of Topliss-reactive ketones (excluding diaryl/α,β-unsaturated/α-hetero) is 1. The zero-order chi connectivity index (χ0) is 18.4. The molecular weight excluding hydrogens is 342 g/mol. The number of hydrogen-bond donors (Lipinski definition) is 1. The lowest BCUT2D eigenvalue weighted by Crippen LogP contribution is -2.44. The van der Waals surface area contributed by atoms with Gasteiger partial charge in [-0.3, -0.25) is 4.79 Å². The molecule has 2 aromatic carbocycles. The monoisotopic (exact) mass is 365 g/mol. The summed E-state index contributed by atoms with van der Waals surface area (Å²) in [5.41, 5.74) is 2.08. The van der Waals surface area contributed by atoms with Crippen molar-refractivity contribution >= 4 is 5.78 Å². The molecule has 2 aliphatic heterocycles. The van der Waals surface area contributed by atoms with Gasteiger partial charge in [-0.1, -0.05) is 30.3 Å². The van der Waals surface area contributed by atoms with Crippen LogP contribution in [-0.2, 0) is 12.0 Å². The van der Waals surface area contributed by atoms with Crippen molar-refractivity contribution in [1.82, 2.24) is 4.90 Å². The summed E-state index contributed by atoms with van der Waals surface area (Å²) in [6, 6.07) is 13.7. The van der Waals surface area contributed by atoms with Crippen molar-refractivity contribution < 1.29 is 19.4 Å². The van der Waals surface area contributed by atoms with E-state index in [0.29, 0.717) is 18.6 Å². The first-order chi connectivity index (χ1) is 13.1. The molecule has 2 aromatic rings. The number of benzene rings is 2. The number of piperidine rings is 1. The number of fused-ring (bicyclic) bond motifs is 2. The van der Waals surface area contributed by atoms with Crippen LogP contribution in [0.2, 0.25) is 0 Å². The lowest BCUT2D eigenvalue weighted by molar-refractivity contribution is -0.0279. The lowest BCUT2D eigenvalue weighted by Gasteiger charge is -2.39. The third-order valence-corrected chi connectivity index (χ3v) is 6.17. The average Bonchev–Trinajstić information content (AvgIpc) is 3.27. The first kappa shape index (κ1) is 16.8. The van der Waals surface area contributed by atoms with Gasteiger partial charge >= 0.3 is 0 Å². The fraction of sp³-hybridized carbons (Fsp3) is 0.409. The third kappa shape index (κ3) is 2.91. The molecule has 1 aliphatic carbocycles. The Morgan fingerprint density at radius 2 is 1.78 bits per heavy atom. The van der Waals surface area contributed by atoms with Crippen LogP contribution in [0.5, 0.6) is 11.5 Å². The van der Waals surface area contributed by atoms with Crippen LogP contribution < -0.4 is 9.47 Å². The lowest BCUT2D eigenvalue weighted by atomic mass is 9.84. The van der Waals surface area contributed by atoms with Gasteiger partial charge in [-0.2, -0.15) is 0 Å². The number of hydrogen-bond acceptors (Lipinski definition) is 5. The smallest absolute Gasteiger partial charge is 0.231 e. The minimum absolute atomic E-state index is 0.0227. The van der Waals surface area contributed by atoms with E-state index in [0.717, 1.165) is 48.5 Å². The number of aliphatic hydroxyl groups is 1. The quantitative estimate of drug-likeness (QED) is 0.906. The van der Waals surface area contributed by atoms with Gasteiger partial charge in [0.25, 0.3) is 0 Å². The Labute approximate surface area is 158 Å². The van der Waals surface area contributed by atoms with Crippen LogP contribution in [0, 0.1) is 5.92 Å². The van der Waals surface area contributed by atoms with Crippen molar-refractivity contribution in [1.29, 1.82) is 0 Å². The molecule has 1 saturated heterocycles. The van der Waals surface area contributed by atoms with Crippen molar-refractivity contribution in [2.24, 2.45) is 5.92 Å². The van der Waals surface area contributed by atoms with E-state index in [9.17, 15) is 9.90 Å². The molecule has 5 nitrogen and oxygen atoms in total. The summed E-state index contributed by atoms with van der Waals surface area (Å²) in [4.78, 5) is 15.2. The Hall–Kier alpha value is -2.37. The average molecular weight is 365 g/mol. The second-order valence-corrected chi connectivity index (χ2v) is 7.83. The number of ketones is 1. The van der Waals surface area contributed by atoms with Crippen molar-refractivity contribution in [3.63, 3.8) is 0 Å². The van der Waals surface area contributed by atoms with E-state index >= 15 is 0 Å². The van der Waals surface area contributed by atoms with Gasteiger partial charge in [0.1, 0.15) is 0 Å². The Kier molecular flexibility index (Phi) is 3.95. The van der Waals surface area contributed by atoms with Gasteiger partial charge in [0.15, 0.2) is 17.3 Å². The first-order valence-electron chi connectivity index (χ1n) is 9.59. The Balaban J connectivity index is 1.24. The van der Waals surface area contributed by atoms with Gasteiger partial charge in [0, 0.05) is 31.1 Å². The highest BCUT2D eigenvalue weighted by molar-refractivity contribution is 6.03. The summed E-state index contributed by atoms with van der Waals surface area (Å²) >= 11 is 0. The summed E-state index contributed by atoms with van der Waals surface area (Å²) in [5, 5.41) is 11.0. The number of carbonyl (C=O) groups is 1. The van der Waals surface area contributed by atoms with E-state index < -0.39 is 5.60 Å². The SMILES string of the molecule is O=C1c2cc3c(cc2CC1CN1CCC(O)(c2ccccc2)CC1)OCO3. The largest absolute Gasteiger partial charge is 0.454 e. The molecule has 0 aromatic heterocycles. The molecule has 5 rings (SSSR count). The van der Waals surface area contributed by atoms with Crippen LogP contribution in [0.1, 0.15) is 34.3 Å². The molecule has 27 heavy (non-hydrogen) atoms. The van der Waals surface area contributed by atoms with E-state index in [1.165, 1.54) is 0 Å². The molecular formula is C22H23NO4. The van der Waals surface area contributed by atoms with Crippen molar-refractivity contribution in [3.05, 3.63) is 59.2 Å². The topological polar surface area (TPSA) is 59.0 Å². The normalized spacial score (nSPS) is 23.4. The van der Waals surface area contributed by atoms with Gasteiger partial charge in [-0.05, 0) is 42.5 Å². The predicted molar refractivity (Wildman–Crippen MR) is 100 cm³/mol. The van der Waals surface area contributed by atoms with Gasteiger partial charge in [-0.25, -0.2) is 0 Å². The zero-order valence-corrected chi connectivity index (χ0v) is 15.2. The van der Waals surface area contributed by atoms with Crippen molar-refractivity contribution in [2.75, 3.05) is 26.4 Å². The Morgan fingerprint density at radius 1 is 1.07 bits per heavy atom. The molecule has 1 N–H and O–H groups in total. The van der Waals surface area contributed by atoms with Crippen LogP contribution >= 0.6 is 0 Å². The number of nitrogens with zero attached hydrogens (tertiary/aromatic N) is 1. The number of likely N-dealkylation sites (tertiary alicyclic amines) is 1. The minimum Gasteiger partial charge on any atom is -0.454 e. The number of ether oxygens (including phenoxy) is 2. The molecule has 1 fully saturated rings. The summed E-state index contributed by atoms with van der Waals surface area (Å²) in [6.45, 7) is 2.57. The first-order valence-corrected chi connectivity index (χ1v) is 9.59. The van der Waals surface area contributed by atoms with Crippen molar-refractivity contribution in [2.45, 2.75) is 24.9 Å². The third-order valence-electron chi connectivity index (χ3n) is 6.17. The number of rotatable bonds is 3. The maximum absolute atomic E-state index is 12.8. The van der Waals surface area contributed by atoms with E-state index in [-0.39, 0.29) is 18.5 Å². The molecule has 1 unspecified atom stereocenters. The molecule has 0 saturated carbocycles.